The van der Waals surface area contributed by atoms with Gasteiger partial charge in [-0.05, 0) is 24.3 Å². The summed E-state index contributed by atoms with van der Waals surface area (Å²) >= 11 is 8.05. The number of carbonyl (C=O) groups is 1. The van der Waals surface area contributed by atoms with Crippen LogP contribution in [0.2, 0.25) is 5.02 Å². The quantitative estimate of drug-likeness (QED) is 0.352. The van der Waals surface area contributed by atoms with Crippen LogP contribution in [0.15, 0.2) is 52.9 Å². The number of hydrogen-bond acceptors (Lipinski definition) is 7. The number of thioether (sulfide) groups is 1. The molecular weight excluding hydrogens is 471 g/mol. The zero-order valence-electron chi connectivity index (χ0n) is 15.3. The molecular formula is C18H16ClFN4O3S3. The van der Waals surface area contributed by atoms with Crippen molar-refractivity contribution in [2.75, 3.05) is 17.6 Å². The molecule has 0 aliphatic rings. The fourth-order valence-electron chi connectivity index (χ4n) is 2.28. The highest BCUT2D eigenvalue weighted by Crippen LogP contribution is 2.24. The van der Waals surface area contributed by atoms with Crippen molar-refractivity contribution < 1.29 is 17.6 Å². The monoisotopic (exact) mass is 486 g/mol. The summed E-state index contributed by atoms with van der Waals surface area (Å²) in [5, 5.41) is 10.3. The van der Waals surface area contributed by atoms with Gasteiger partial charge >= 0.3 is 0 Å². The molecule has 0 aliphatic carbocycles. The van der Waals surface area contributed by atoms with E-state index in [1.165, 1.54) is 23.9 Å². The summed E-state index contributed by atoms with van der Waals surface area (Å²) in [4.78, 5) is 12.1. The van der Waals surface area contributed by atoms with Crippen molar-refractivity contribution in [2.24, 2.45) is 0 Å². The molecule has 0 fully saturated rings. The molecule has 30 heavy (non-hydrogen) atoms. The highest BCUT2D eigenvalue weighted by molar-refractivity contribution is 7.98. The highest BCUT2D eigenvalue weighted by Gasteiger charge is 2.20. The first-order valence-corrected chi connectivity index (χ1v) is 12.4. The molecule has 12 heteroatoms. The fraction of sp³-hybridized carbons (Fsp3) is 0.167. The van der Waals surface area contributed by atoms with E-state index in [1.807, 2.05) is 0 Å². The minimum atomic E-state index is -3.87. The molecule has 0 spiro atoms. The summed E-state index contributed by atoms with van der Waals surface area (Å²) in [5.74, 6) is -0.0801. The summed E-state index contributed by atoms with van der Waals surface area (Å²) in [5.41, 5.74) is 0.803. The maximum absolute atomic E-state index is 13.7. The third-order valence-corrected chi connectivity index (χ3v) is 7.75. The van der Waals surface area contributed by atoms with E-state index in [9.17, 15) is 17.6 Å². The van der Waals surface area contributed by atoms with Crippen LogP contribution in [0.3, 0.4) is 0 Å². The Morgan fingerprint density at radius 1 is 1.13 bits per heavy atom. The first-order chi connectivity index (χ1) is 14.4. The van der Waals surface area contributed by atoms with E-state index in [0.29, 0.717) is 27.7 Å². The second-order valence-electron chi connectivity index (χ2n) is 5.84. The molecule has 3 aromatic rings. The molecule has 1 aromatic heterocycles. The zero-order valence-corrected chi connectivity index (χ0v) is 18.5. The first kappa shape index (κ1) is 22.6. The van der Waals surface area contributed by atoms with Crippen molar-refractivity contribution in [3.05, 3.63) is 70.5 Å². The van der Waals surface area contributed by atoms with Crippen molar-refractivity contribution in [1.82, 2.24) is 14.9 Å². The molecule has 158 valence electrons. The first-order valence-electron chi connectivity index (χ1n) is 8.57. The Hall–Kier alpha value is -2.05. The number of sulfonamides is 1. The smallest absolute Gasteiger partial charge is 0.269 e. The van der Waals surface area contributed by atoms with E-state index < -0.39 is 21.7 Å². The van der Waals surface area contributed by atoms with Crippen LogP contribution in [0.5, 0.6) is 0 Å². The van der Waals surface area contributed by atoms with E-state index in [4.69, 9.17) is 11.6 Å². The topological polar surface area (TPSA) is 101 Å². The Labute approximate surface area is 186 Å². The number of carbonyl (C=O) groups excluding carboxylic acids is 1. The molecule has 0 saturated carbocycles. The van der Waals surface area contributed by atoms with E-state index >= 15 is 0 Å². The van der Waals surface area contributed by atoms with Crippen molar-refractivity contribution in [2.45, 2.75) is 10.1 Å². The van der Waals surface area contributed by atoms with Crippen molar-refractivity contribution in [3.63, 3.8) is 0 Å². The Balaban J connectivity index is 1.49. The van der Waals surface area contributed by atoms with Crippen LogP contribution >= 0.6 is 34.7 Å². The summed E-state index contributed by atoms with van der Waals surface area (Å²) in [6.07, 6.45) is 0. The fourth-order valence-corrected chi connectivity index (χ4v) is 5.58. The lowest BCUT2D eigenvalue weighted by Gasteiger charge is -2.06. The molecule has 2 N–H and O–H groups in total. The van der Waals surface area contributed by atoms with Crippen LogP contribution < -0.4 is 10.0 Å². The molecule has 0 unspecified atom stereocenters. The molecule has 3 rings (SSSR count). The van der Waals surface area contributed by atoms with Gasteiger partial charge in [-0.3, -0.25) is 10.1 Å². The van der Waals surface area contributed by atoms with Gasteiger partial charge in [0.05, 0.1) is 0 Å². The molecule has 7 nitrogen and oxygen atoms in total. The molecule has 0 aliphatic heterocycles. The van der Waals surface area contributed by atoms with E-state index in [0.717, 1.165) is 11.3 Å². The number of halogens is 2. The second-order valence-corrected chi connectivity index (χ2v) is 10.3. The van der Waals surface area contributed by atoms with E-state index in [2.05, 4.69) is 20.2 Å². The van der Waals surface area contributed by atoms with E-state index in [1.54, 1.807) is 36.4 Å². The lowest BCUT2D eigenvalue weighted by atomic mass is 10.2. The standard InChI is InChI=1S/C18H16ClFN4O3S3/c19-14-7-4-8-15(20)13(14)11-28-10-9-21-30(26,27)18-24-23-17(29-18)22-16(25)12-5-2-1-3-6-12/h1-8,21H,9-11H2,(H,22,23,25). The Bertz CT molecular complexity index is 1110. The average molecular weight is 487 g/mol. The van der Waals surface area contributed by atoms with Gasteiger partial charge in [0.2, 0.25) is 9.47 Å². The Kier molecular flexibility index (Phi) is 7.78. The third-order valence-electron chi connectivity index (χ3n) is 3.74. The molecule has 0 atom stereocenters. The van der Waals surface area contributed by atoms with Gasteiger partial charge in [0.1, 0.15) is 5.82 Å². The van der Waals surface area contributed by atoms with Crippen LogP contribution in [0.25, 0.3) is 0 Å². The van der Waals surface area contributed by atoms with Gasteiger partial charge in [0, 0.05) is 34.2 Å². The second kappa shape index (κ2) is 10.3. The number of aromatic nitrogens is 2. The summed E-state index contributed by atoms with van der Waals surface area (Å²) in [6.45, 7) is 0.115. The summed E-state index contributed by atoms with van der Waals surface area (Å²) in [7, 11) is -3.87. The maximum Gasteiger partial charge on any atom is 0.269 e. The predicted molar refractivity (Wildman–Crippen MR) is 117 cm³/mol. The van der Waals surface area contributed by atoms with Crippen molar-refractivity contribution in [1.29, 1.82) is 0 Å². The molecule has 2 aromatic carbocycles. The number of anilines is 1. The number of hydrogen-bond donors (Lipinski definition) is 2. The minimum Gasteiger partial charge on any atom is -0.296 e. The SMILES string of the molecule is O=C(Nc1nnc(S(=O)(=O)NCCSCc2c(F)cccc2Cl)s1)c1ccccc1. The van der Waals surface area contributed by atoms with Crippen LogP contribution in [0, 0.1) is 5.82 Å². The highest BCUT2D eigenvalue weighted by atomic mass is 35.5. The number of amides is 1. The molecule has 0 radical (unpaired) electrons. The van der Waals surface area contributed by atoms with Crippen LogP contribution in [-0.2, 0) is 15.8 Å². The third kappa shape index (κ3) is 5.99. The molecule has 1 amide bonds. The van der Waals surface area contributed by atoms with Crippen LogP contribution in [-0.4, -0.2) is 36.8 Å². The van der Waals surface area contributed by atoms with Crippen molar-refractivity contribution >= 4 is 55.8 Å². The van der Waals surface area contributed by atoms with Gasteiger partial charge in [-0.2, -0.15) is 11.8 Å². The summed E-state index contributed by atoms with van der Waals surface area (Å²) in [6, 6.07) is 12.9. The largest absolute Gasteiger partial charge is 0.296 e. The van der Waals surface area contributed by atoms with Crippen molar-refractivity contribution in [3.8, 4) is 0 Å². The number of nitrogens with one attached hydrogen (secondary N) is 2. The Morgan fingerprint density at radius 3 is 2.63 bits per heavy atom. The van der Waals surface area contributed by atoms with Gasteiger partial charge in [-0.1, -0.05) is 47.2 Å². The molecule has 1 heterocycles. The predicted octanol–water partition coefficient (Wildman–Crippen LogP) is 3.79. The number of rotatable bonds is 9. The maximum atomic E-state index is 13.7. The van der Waals surface area contributed by atoms with Gasteiger partial charge in [-0.25, -0.2) is 17.5 Å². The number of benzene rings is 2. The van der Waals surface area contributed by atoms with Crippen LogP contribution in [0.4, 0.5) is 9.52 Å². The van der Waals surface area contributed by atoms with Gasteiger partial charge in [-0.15, -0.1) is 10.2 Å². The molecule has 0 bridgehead atoms. The number of nitrogens with zero attached hydrogens (tertiary/aromatic N) is 2. The minimum absolute atomic E-state index is 0.0767. The van der Waals surface area contributed by atoms with Gasteiger partial charge in [0.25, 0.3) is 15.9 Å². The van der Waals surface area contributed by atoms with E-state index in [-0.39, 0.29) is 16.0 Å². The summed E-state index contributed by atoms with van der Waals surface area (Å²) < 4.78 is 40.5. The normalized spacial score (nSPS) is 11.4. The lowest BCUT2D eigenvalue weighted by molar-refractivity contribution is 0.102. The lowest BCUT2D eigenvalue weighted by Crippen LogP contribution is -2.26. The molecule has 0 saturated heterocycles. The zero-order chi connectivity index (χ0) is 21.6. The van der Waals surface area contributed by atoms with Crippen LogP contribution in [0.1, 0.15) is 15.9 Å². The van der Waals surface area contributed by atoms with Gasteiger partial charge < -0.3 is 0 Å². The Morgan fingerprint density at radius 2 is 1.90 bits per heavy atom. The van der Waals surface area contributed by atoms with Gasteiger partial charge in [0.15, 0.2) is 0 Å². The average Bonchev–Trinajstić information content (AvgIpc) is 3.20.